The number of piperidine rings is 1. The van der Waals surface area contributed by atoms with Crippen LogP contribution in [0.3, 0.4) is 0 Å². The maximum atomic E-state index is 2.59. The molecule has 1 saturated carbocycles. The van der Waals surface area contributed by atoms with Crippen LogP contribution in [-0.4, -0.2) is 24.5 Å². The van der Waals surface area contributed by atoms with Crippen LogP contribution in [0.5, 0.6) is 0 Å². The third-order valence-corrected chi connectivity index (χ3v) is 5.34. The standard InChI is InChI=1S/C14H27N/c1-5-7-14(3,6-2)13-9-12-8-11(13)10-15(12)4/h11-13H,5-10H2,1-4H3. The van der Waals surface area contributed by atoms with Crippen molar-refractivity contribution in [2.24, 2.45) is 17.3 Å². The quantitative estimate of drug-likeness (QED) is 0.684. The highest BCUT2D eigenvalue weighted by molar-refractivity contribution is 5.01. The molecular weight excluding hydrogens is 182 g/mol. The Morgan fingerprint density at radius 2 is 2.00 bits per heavy atom. The van der Waals surface area contributed by atoms with Gasteiger partial charge in [0.25, 0.3) is 0 Å². The predicted molar refractivity (Wildman–Crippen MR) is 65.9 cm³/mol. The second kappa shape index (κ2) is 4.08. The van der Waals surface area contributed by atoms with E-state index in [0.29, 0.717) is 5.41 Å². The molecule has 0 spiro atoms. The molecule has 0 N–H and O–H groups in total. The molecule has 2 bridgehead atoms. The van der Waals surface area contributed by atoms with E-state index in [0.717, 1.165) is 17.9 Å². The summed E-state index contributed by atoms with van der Waals surface area (Å²) in [6.07, 6.45) is 7.12. The van der Waals surface area contributed by atoms with Crippen molar-refractivity contribution in [2.45, 2.75) is 58.9 Å². The molecule has 1 heteroatoms. The number of rotatable bonds is 4. The van der Waals surface area contributed by atoms with Gasteiger partial charge in [0.1, 0.15) is 0 Å². The Bertz CT molecular complexity index is 223. The Kier molecular flexibility index (Phi) is 3.12. The van der Waals surface area contributed by atoms with E-state index in [1.165, 1.54) is 38.6 Å². The lowest BCUT2D eigenvalue weighted by Gasteiger charge is -2.41. The molecule has 1 aliphatic heterocycles. The van der Waals surface area contributed by atoms with Crippen molar-refractivity contribution in [2.75, 3.05) is 13.6 Å². The molecule has 15 heavy (non-hydrogen) atoms. The van der Waals surface area contributed by atoms with Crippen LogP contribution in [0, 0.1) is 17.3 Å². The molecule has 88 valence electrons. The van der Waals surface area contributed by atoms with Gasteiger partial charge in [0.2, 0.25) is 0 Å². The SMILES string of the molecule is CCCC(C)(CC)C1CC2CC1CN2C. The smallest absolute Gasteiger partial charge is 0.00985 e. The van der Waals surface area contributed by atoms with Gasteiger partial charge >= 0.3 is 0 Å². The van der Waals surface area contributed by atoms with Crippen LogP contribution < -0.4 is 0 Å². The van der Waals surface area contributed by atoms with Crippen LogP contribution in [0.2, 0.25) is 0 Å². The second-order valence-electron chi connectivity index (χ2n) is 6.19. The highest BCUT2D eigenvalue weighted by Gasteiger charge is 2.49. The minimum absolute atomic E-state index is 0.634. The number of fused-ring (bicyclic) bond motifs is 2. The van der Waals surface area contributed by atoms with E-state index in [1.54, 1.807) is 0 Å². The zero-order chi connectivity index (χ0) is 11.1. The monoisotopic (exact) mass is 209 g/mol. The van der Waals surface area contributed by atoms with Gasteiger partial charge in [-0.15, -0.1) is 0 Å². The van der Waals surface area contributed by atoms with Gasteiger partial charge < -0.3 is 4.90 Å². The van der Waals surface area contributed by atoms with Gasteiger partial charge in [0, 0.05) is 12.6 Å². The highest BCUT2D eigenvalue weighted by Crippen LogP contribution is 2.52. The van der Waals surface area contributed by atoms with E-state index >= 15 is 0 Å². The summed E-state index contributed by atoms with van der Waals surface area (Å²) in [5.74, 6) is 2.03. The number of likely N-dealkylation sites (tertiary alicyclic amines) is 1. The van der Waals surface area contributed by atoms with E-state index < -0.39 is 0 Å². The van der Waals surface area contributed by atoms with Crippen LogP contribution in [0.4, 0.5) is 0 Å². The Hall–Kier alpha value is -0.0400. The van der Waals surface area contributed by atoms with E-state index in [9.17, 15) is 0 Å². The average molecular weight is 209 g/mol. The molecule has 2 fully saturated rings. The van der Waals surface area contributed by atoms with Gasteiger partial charge in [-0.25, -0.2) is 0 Å². The van der Waals surface area contributed by atoms with Gasteiger partial charge in [-0.2, -0.15) is 0 Å². The summed E-state index contributed by atoms with van der Waals surface area (Å²) in [4.78, 5) is 2.59. The highest BCUT2D eigenvalue weighted by atomic mass is 15.2. The average Bonchev–Trinajstić information content (AvgIpc) is 2.76. The number of hydrogen-bond acceptors (Lipinski definition) is 1. The summed E-state index contributed by atoms with van der Waals surface area (Å²) < 4.78 is 0. The van der Waals surface area contributed by atoms with Crippen molar-refractivity contribution >= 4 is 0 Å². The first-order valence-corrected chi connectivity index (χ1v) is 6.81. The van der Waals surface area contributed by atoms with Crippen molar-refractivity contribution in [1.82, 2.24) is 4.90 Å². The predicted octanol–water partition coefficient (Wildman–Crippen LogP) is 3.54. The number of hydrogen-bond donors (Lipinski definition) is 0. The maximum absolute atomic E-state index is 2.59. The minimum Gasteiger partial charge on any atom is -0.303 e. The summed E-state index contributed by atoms with van der Waals surface area (Å²) in [5.41, 5.74) is 0.634. The first kappa shape index (κ1) is 11.4. The van der Waals surface area contributed by atoms with E-state index in [1.807, 2.05) is 0 Å². The molecule has 0 radical (unpaired) electrons. The third-order valence-electron chi connectivity index (χ3n) is 5.34. The molecule has 1 aliphatic carbocycles. The fraction of sp³-hybridized carbons (Fsp3) is 1.00. The molecule has 0 aromatic carbocycles. The first-order valence-electron chi connectivity index (χ1n) is 6.81. The van der Waals surface area contributed by atoms with Crippen LogP contribution >= 0.6 is 0 Å². The molecular formula is C14H27N. The summed E-state index contributed by atoms with van der Waals surface area (Å²) in [5, 5.41) is 0. The van der Waals surface area contributed by atoms with Crippen LogP contribution in [0.25, 0.3) is 0 Å². The third kappa shape index (κ3) is 1.84. The maximum Gasteiger partial charge on any atom is 0.00985 e. The Morgan fingerprint density at radius 3 is 2.40 bits per heavy atom. The Balaban J connectivity index is 2.05. The van der Waals surface area contributed by atoms with Gasteiger partial charge in [0.05, 0.1) is 0 Å². The zero-order valence-electron chi connectivity index (χ0n) is 10.9. The Labute approximate surface area is 95.2 Å². The van der Waals surface area contributed by atoms with Crippen LogP contribution in [-0.2, 0) is 0 Å². The molecule has 2 aliphatic rings. The molecule has 4 atom stereocenters. The minimum atomic E-state index is 0.634. The Morgan fingerprint density at radius 1 is 1.27 bits per heavy atom. The molecule has 2 rings (SSSR count). The van der Waals surface area contributed by atoms with Crippen molar-refractivity contribution in [1.29, 1.82) is 0 Å². The molecule has 0 amide bonds. The normalized spacial score (nSPS) is 39.6. The molecule has 4 unspecified atom stereocenters. The van der Waals surface area contributed by atoms with Crippen molar-refractivity contribution in [3.63, 3.8) is 0 Å². The van der Waals surface area contributed by atoms with Gasteiger partial charge in [-0.1, -0.05) is 33.6 Å². The van der Waals surface area contributed by atoms with Crippen LogP contribution in [0.15, 0.2) is 0 Å². The largest absolute Gasteiger partial charge is 0.303 e. The topological polar surface area (TPSA) is 3.24 Å². The lowest BCUT2D eigenvalue weighted by atomic mass is 9.67. The van der Waals surface area contributed by atoms with E-state index in [2.05, 4.69) is 32.7 Å². The lowest BCUT2D eigenvalue weighted by Crippen LogP contribution is -2.39. The van der Waals surface area contributed by atoms with Gasteiger partial charge in [-0.05, 0) is 43.6 Å². The summed E-state index contributed by atoms with van der Waals surface area (Å²) in [6, 6.07) is 0.919. The summed E-state index contributed by atoms with van der Waals surface area (Å²) in [6.45, 7) is 8.65. The first-order chi connectivity index (χ1) is 7.10. The molecule has 1 saturated heterocycles. The molecule has 1 heterocycles. The second-order valence-corrected chi connectivity index (χ2v) is 6.19. The molecule has 0 aromatic rings. The lowest BCUT2D eigenvalue weighted by molar-refractivity contribution is 0.0777. The van der Waals surface area contributed by atoms with Crippen LogP contribution in [0.1, 0.15) is 52.9 Å². The fourth-order valence-corrected chi connectivity index (χ4v) is 4.23. The van der Waals surface area contributed by atoms with Crippen molar-refractivity contribution < 1.29 is 0 Å². The summed E-state index contributed by atoms with van der Waals surface area (Å²) >= 11 is 0. The van der Waals surface area contributed by atoms with Gasteiger partial charge in [0.15, 0.2) is 0 Å². The molecule has 0 aromatic heterocycles. The summed E-state index contributed by atoms with van der Waals surface area (Å²) in [7, 11) is 2.31. The van der Waals surface area contributed by atoms with Crippen molar-refractivity contribution in [3.05, 3.63) is 0 Å². The van der Waals surface area contributed by atoms with E-state index in [4.69, 9.17) is 0 Å². The van der Waals surface area contributed by atoms with E-state index in [-0.39, 0.29) is 0 Å². The van der Waals surface area contributed by atoms with Crippen molar-refractivity contribution in [3.8, 4) is 0 Å². The number of nitrogens with zero attached hydrogens (tertiary/aromatic N) is 1. The van der Waals surface area contributed by atoms with Gasteiger partial charge in [-0.3, -0.25) is 0 Å². The zero-order valence-corrected chi connectivity index (χ0v) is 10.9. The fourth-order valence-electron chi connectivity index (χ4n) is 4.23. The molecule has 1 nitrogen and oxygen atoms in total.